The molecule has 0 radical (unpaired) electrons. The summed E-state index contributed by atoms with van der Waals surface area (Å²) in [6.45, 7) is 9.42. The SMILES string of the molecule is Cc1nc2ccc(NC(=O)C(C)(C)C(C)(C)N)cc2s1. The van der Waals surface area contributed by atoms with Gasteiger partial charge in [-0.05, 0) is 52.8 Å². The molecule has 3 N–H and O–H groups in total. The molecule has 2 aromatic rings. The van der Waals surface area contributed by atoms with E-state index in [4.69, 9.17) is 5.73 Å². The van der Waals surface area contributed by atoms with Gasteiger partial charge >= 0.3 is 0 Å². The topological polar surface area (TPSA) is 68.0 Å². The third-order valence-electron chi connectivity index (χ3n) is 3.93. The van der Waals surface area contributed by atoms with Gasteiger partial charge in [0.25, 0.3) is 0 Å². The van der Waals surface area contributed by atoms with E-state index in [1.807, 2.05) is 52.8 Å². The second-order valence-electron chi connectivity index (χ2n) is 6.22. The molecule has 0 atom stereocenters. The third kappa shape index (κ3) is 2.69. The van der Waals surface area contributed by atoms with Crippen LogP contribution in [0.15, 0.2) is 18.2 Å². The van der Waals surface area contributed by atoms with Crippen LogP contribution in [-0.2, 0) is 4.79 Å². The quantitative estimate of drug-likeness (QED) is 0.911. The van der Waals surface area contributed by atoms with Crippen molar-refractivity contribution in [3.05, 3.63) is 23.2 Å². The number of carbonyl (C=O) groups is 1. The van der Waals surface area contributed by atoms with Crippen molar-refractivity contribution in [3.8, 4) is 0 Å². The molecule has 1 amide bonds. The fourth-order valence-corrected chi connectivity index (χ4v) is 2.56. The van der Waals surface area contributed by atoms with Crippen molar-refractivity contribution in [1.29, 1.82) is 0 Å². The Hall–Kier alpha value is -1.46. The molecule has 1 aromatic carbocycles. The minimum absolute atomic E-state index is 0.0782. The number of rotatable bonds is 3. The summed E-state index contributed by atoms with van der Waals surface area (Å²) in [7, 11) is 0. The molecule has 1 heterocycles. The summed E-state index contributed by atoms with van der Waals surface area (Å²) in [4.78, 5) is 16.8. The summed E-state index contributed by atoms with van der Waals surface area (Å²) < 4.78 is 1.07. The van der Waals surface area contributed by atoms with Gasteiger partial charge in [-0.15, -0.1) is 11.3 Å². The maximum absolute atomic E-state index is 12.4. The number of benzene rings is 1. The van der Waals surface area contributed by atoms with Crippen LogP contribution in [0.2, 0.25) is 0 Å². The van der Waals surface area contributed by atoms with Crippen molar-refractivity contribution in [2.45, 2.75) is 40.2 Å². The largest absolute Gasteiger partial charge is 0.326 e. The molecule has 5 heteroatoms. The smallest absolute Gasteiger partial charge is 0.231 e. The zero-order chi connectivity index (χ0) is 15.1. The average molecular weight is 291 g/mol. The molecular weight excluding hydrogens is 270 g/mol. The van der Waals surface area contributed by atoms with Crippen LogP contribution in [0.25, 0.3) is 10.2 Å². The average Bonchev–Trinajstić information content (AvgIpc) is 2.66. The van der Waals surface area contributed by atoms with Crippen LogP contribution >= 0.6 is 11.3 Å². The molecule has 0 bridgehead atoms. The van der Waals surface area contributed by atoms with E-state index in [1.54, 1.807) is 11.3 Å². The lowest BCUT2D eigenvalue weighted by Gasteiger charge is -2.36. The number of aryl methyl sites for hydroxylation is 1. The third-order valence-corrected chi connectivity index (χ3v) is 4.87. The molecule has 0 aliphatic heterocycles. The van der Waals surface area contributed by atoms with Gasteiger partial charge in [-0.25, -0.2) is 4.98 Å². The number of hydrogen-bond donors (Lipinski definition) is 2. The molecule has 0 saturated heterocycles. The zero-order valence-corrected chi connectivity index (χ0v) is 13.4. The second-order valence-corrected chi connectivity index (χ2v) is 7.45. The summed E-state index contributed by atoms with van der Waals surface area (Å²) in [5.41, 5.74) is 6.58. The van der Waals surface area contributed by atoms with Crippen LogP contribution in [0, 0.1) is 12.3 Å². The fourth-order valence-electron chi connectivity index (χ4n) is 1.70. The van der Waals surface area contributed by atoms with E-state index in [-0.39, 0.29) is 5.91 Å². The van der Waals surface area contributed by atoms with Crippen LogP contribution in [0.4, 0.5) is 5.69 Å². The number of anilines is 1. The number of fused-ring (bicyclic) bond motifs is 1. The number of nitrogens with one attached hydrogen (secondary N) is 1. The van der Waals surface area contributed by atoms with Gasteiger partial charge < -0.3 is 11.1 Å². The van der Waals surface area contributed by atoms with Gasteiger partial charge in [0.2, 0.25) is 5.91 Å². The molecule has 108 valence electrons. The fraction of sp³-hybridized carbons (Fsp3) is 0.467. The number of hydrogen-bond acceptors (Lipinski definition) is 4. The molecule has 0 fully saturated rings. The highest BCUT2D eigenvalue weighted by atomic mass is 32.1. The van der Waals surface area contributed by atoms with Crippen molar-refractivity contribution in [2.24, 2.45) is 11.1 Å². The maximum atomic E-state index is 12.4. The van der Waals surface area contributed by atoms with Crippen LogP contribution in [0.3, 0.4) is 0 Å². The van der Waals surface area contributed by atoms with E-state index in [0.29, 0.717) is 0 Å². The predicted octanol–water partition coefficient (Wildman–Crippen LogP) is 3.31. The van der Waals surface area contributed by atoms with Gasteiger partial charge in [-0.1, -0.05) is 0 Å². The Balaban J connectivity index is 2.26. The predicted molar refractivity (Wildman–Crippen MR) is 85.0 cm³/mol. The van der Waals surface area contributed by atoms with Crippen molar-refractivity contribution in [2.75, 3.05) is 5.32 Å². The van der Waals surface area contributed by atoms with Crippen molar-refractivity contribution >= 4 is 33.1 Å². The van der Waals surface area contributed by atoms with E-state index >= 15 is 0 Å². The molecule has 1 aromatic heterocycles. The first-order chi connectivity index (χ1) is 9.11. The van der Waals surface area contributed by atoms with Gasteiger partial charge in [0.15, 0.2) is 0 Å². The Morgan fingerprint density at radius 3 is 2.55 bits per heavy atom. The Kier molecular flexibility index (Phi) is 3.60. The van der Waals surface area contributed by atoms with Crippen molar-refractivity contribution < 1.29 is 4.79 Å². The number of carbonyl (C=O) groups excluding carboxylic acids is 1. The number of aromatic nitrogens is 1. The maximum Gasteiger partial charge on any atom is 0.231 e. The Labute approximate surface area is 123 Å². The van der Waals surface area contributed by atoms with E-state index in [2.05, 4.69) is 10.3 Å². The van der Waals surface area contributed by atoms with Crippen molar-refractivity contribution in [3.63, 3.8) is 0 Å². The van der Waals surface area contributed by atoms with Crippen LogP contribution < -0.4 is 11.1 Å². The highest BCUT2D eigenvalue weighted by Crippen LogP contribution is 2.31. The molecule has 20 heavy (non-hydrogen) atoms. The van der Waals surface area contributed by atoms with Crippen LogP contribution in [0.5, 0.6) is 0 Å². The van der Waals surface area contributed by atoms with Crippen LogP contribution in [0.1, 0.15) is 32.7 Å². The van der Waals surface area contributed by atoms with Gasteiger partial charge in [-0.3, -0.25) is 4.79 Å². The second kappa shape index (κ2) is 4.82. The summed E-state index contributed by atoms with van der Waals surface area (Å²) >= 11 is 1.62. The molecule has 0 aliphatic rings. The summed E-state index contributed by atoms with van der Waals surface area (Å²) in [6.07, 6.45) is 0. The molecule has 0 saturated carbocycles. The minimum Gasteiger partial charge on any atom is -0.326 e. The first-order valence-corrected chi connectivity index (χ1v) is 7.40. The first-order valence-electron chi connectivity index (χ1n) is 6.59. The first kappa shape index (κ1) is 14.9. The molecule has 0 aliphatic carbocycles. The lowest BCUT2D eigenvalue weighted by atomic mass is 9.74. The van der Waals surface area contributed by atoms with E-state index in [0.717, 1.165) is 20.9 Å². The highest BCUT2D eigenvalue weighted by molar-refractivity contribution is 7.18. The standard InChI is InChI=1S/C15H21N3OS/c1-9-17-11-7-6-10(8-12(11)20-9)18-13(19)14(2,3)15(4,5)16/h6-8H,16H2,1-5H3,(H,18,19). The van der Waals surface area contributed by atoms with Crippen molar-refractivity contribution in [1.82, 2.24) is 4.98 Å². The van der Waals surface area contributed by atoms with E-state index in [9.17, 15) is 4.79 Å². The molecule has 0 spiro atoms. The van der Waals surface area contributed by atoms with Gasteiger partial charge in [0.05, 0.1) is 20.6 Å². The van der Waals surface area contributed by atoms with E-state index in [1.165, 1.54) is 0 Å². The molecule has 4 nitrogen and oxygen atoms in total. The highest BCUT2D eigenvalue weighted by Gasteiger charge is 2.40. The Bertz CT molecular complexity index is 653. The molecule has 2 rings (SSSR count). The number of amides is 1. The number of nitrogens with two attached hydrogens (primary N) is 1. The minimum atomic E-state index is -0.661. The zero-order valence-electron chi connectivity index (χ0n) is 12.6. The van der Waals surface area contributed by atoms with Gasteiger partial charge in [-0.2, -0.15) is 0 Å². The van der Waals surface area contributed by atoms with Gasteiger partial charge in [0, 0.05) is 11.2 Å². The number of thiazole rings is 1. The van der Waals surface area contributed by atoms with Crippen LogP contribution in [-0.4, -0.2) is 16.4 Å². The number of nitrogens with zero attached hydrogens (tertiary/aromatic N) is 1. The Morgan fingerprint density at radius 2 is 1.95 bits per heavy atom. The molecule has 0 unspecified atom stereocenters. The summed E-state index contributed by atoms with van der Waals surface area (Å²) in [5.74, 6) is -0.0782. The normalized spacial score (nSPS) is 12.7. The summed E-state index contributed by atoms with van der Waals surface area (Å²) in [6, 6.07) is 5.76. The van der Waals surface area contributed by atoms with Gasteiger partial charge in [0.1, 0.15) is 0 Å². The molecular formula is C15H21N3OS. The lowest BCUT2D eigenvalue weighted by Crippen LogP contribution is -2.53. The monoisotopic (exact) mass is 291 g/mol. The lowest BCUT2D eigenvalue weighted by molar-refractivity contribution is -0.126. The Morgan fingerprint density at radius 1 is 1.30 bits per heavy atom. The summed E-state index contributed by atoms with van der Waals surface area (Å²) in [5, 5.41) is 3.97. The van der Waals surface area contributed by atoms with E-state index < -0.39 is 11.0 Å².